The van der Waals surface area contributed by atoms with Crippen molar-refractivity contribution in [2.24, 2.45) is 5.92 Å². The molecule has 0 radical (unpaired) electrons. The van der Waals surface area contributed by atoms with Gasteiger partial charge in [-0.2, -0.15) is 13.2 Å². The summed E-state index contributed by atoms with van der Waals surface area (Å²) < 4.78 is 64.1. The van der Waals surface area contributed by atoms with Crippen molar-refractivity contribution in [1.29, 1.82) is 0 Å². The Bertz CT molecular complexity index is 574. The summed E-state index contributed by atoms with van der Waals surface area (Å²) in [6, 6.07) is 0.864. The van der Waals surface area contributed by atoms with Gasteiger partial charge in [0, 0.05) is 0 Å². The van der Waals surface area contributed by atoms with E-state index >= 15 is 0 Å². The van der Waals surface area contributed by atoms with Crippen LogP contribution < -0.4 is 4.72 Å². The molecule has 122 valence electrons. The first kappa shape index (κ1) is 18.7. The van der Waals surface area contributed by atoms with Crippen LogP contribution in [-0.4, -0.2) is 31.8 Å². The zero-order valence-electron chi connectivity index (χ0n) is 11.2. The van der Waals surface area contributed by atoms with Gasteiger partial charge < -0.3 is 5.11 Å². The van der Waals surface area contributed by atoms with Gasteiger partial charge in [-0.05, 0) is 18.1 Å². The number of aliphatic hydroxyl groups excluding tert-OH is 1. The monoisotopic (exact) mass is 365 g/mol. The van der Waals surface area contributed by atoms with Crippen molar-refractivity contribution in [3.63, 3.8) is 0 Å². The van der Waals surface area contributed by atoms with E-state index in [1.807, 2.05) is 4.72 Å². The number of hydrogen-bond acceptors (Lipinski definition) is 4. The van der Waals surface area contributed by atoms with Crippen LogP contribution in [-0.2, 0) is 10.0 Å². The van der Waals surface area contributed by atoms with Gasteiger partial charge in [0.05, 0.1) is 10.4 Å². The van der Waals surface area contributed by atoms with Gasteiger partial charge in [-0.15, -0.1) is 11.3 Å². The van der Waals surface area contributed by atoms with Crippen LogP contribution in [0.2, 0.25) is 4.34 Å². The quantitative estimate of drug-likeness (QED) is 0.814. The maximum Gasteiger partial charge on any atom is 0.415 e. The molecule has 1 rings (SSSR count). The second-order valence-electron chi connectivity index (χ2n) is 4.58. The summed E-state index contributed by atoms with van der Waals surface area (Å²) in [5.74, 6) is -0.702. The Morgan fingerprint density at radius 3 is 2.38 bits per heavy atom. The number of nitrogens with one attached hydrogen (secondary N) is 1. The lowest BCUT2D eigenvalue weighted by Gasteiger charge is -2.29. The molecule has 1 unspecified atom stereocenters. The number of alkyl halides is 3. The maximum absolute atomic E-state index is 12.7. The van der Waals surface area contributed by atoms with E-state index in [2.05, 4.69) is 0 Å². The summed E-state index contributed by atoms with van der Waals surface area (Å²) in [5.41, 5.74) is 0. The smallest absolute Gasteiger partial charge is 0.382 e. The van der Waals surface area contributed by atoms with Gasteiger partial charge in [0.1, 0.15) is 4.21 Å². The highest BCUT2D eigenvalue weighted by atomic mass is 35.5. The fourth-order valence-electron chi connectivity index (χ4n) is 1.63. The Morgan fingerprint density at radius 2 is 2.00 bits per heavy atom. The topological polar surface area (TPSA) is 66.4 Å². The third kappa shape index (κ3) is 4.82. The minimum absolute atomic E-state index is 0.199. The van der Waals surface area contributed by atoms with Crippen LogP contribution in [0.4, 0.5) is 13.2 Å². The number of aliphatic hydroxyl groups is 1. The van der Waals surface area contributed by atoms with Gasteiger partial charge in [0.25, 0.3) is 0 Å². The average molecular weight is 366 g/mol. The lowest BCUT2D eigenvalue weighted by atomic mass is 9.95. The third-order valence-electron chi connectivity index (χ3n) is 3.04. The van der Waals surface area contributed by atoms with Gasteiger partial charge in [0.2, 0.25) is 10.0 Å². The Labute approximate surface area is 130 Å². The van der Waals surface area contributed by atoms with Crippen LogP contribution in [0.15, 0.2) is 16.3 Å². The lowest BCUT2D eigenvalue weighted by molar-refractivity contribution is -0.214. The van der Waals surface area contributed by atoms with Crippen molar-refractivity contribution in [2.45, 2.75) is 42.8 Å². The Hall–Kier alpha value is -0.350. The van der Waals surface area contributed by atoms with Crippen LogP contribution in [0.5, 0.6) is 0 Å². The fourth-order valence-corrected chi connectivity index (χ4v) is 4.48. The predicted molar refractivity (Wildman–Crippen MR) is 75.0 cm³/mol. The van der Waals surface area contributed by atoms with Gasteiger partial charge in [-0.25, -0.2) is 13.1 Å². The van der Waals surface area contributed by atoms with Crippen molar-refractivity contribution in [3.05, 3.63) is 16.5 Å². The SMILES string of the molecule is CC[C@H](C)[C@H](NS(=O)(=O)c1ccc(Cl)s1)C(O)C(F)(F)F. The fraction of sp³-hybridized carbons (Fsp3) is 0.636. The molecule has 0 aliphatic rings. The zero-order chi connectivity index (χ0) is 16.4. The third-order valence-corrected chi connectivity index (χ3v) is 6.22. The first-order valence-electron chi connectivity index (χ1n) is 6.01. The van der Waals surface area contributed by atoms with E-state index in [4.69, 9.17) is 11.6 Å². The predicted octanol–water partition coefficient (Wildman–Crippen LogP) is 3.02. The van der Waals surface area contributed by atoms with Crippen LogP contribution in [0.3, 0.4) is 0 Å². The molecular formula is C11H15ClF3NO3S2. The summed E-state index contributed by atoms with van der Waals surface area (Å²) in [7, 11) is -4.18. The molecule has 0 aliphatic heterocycles. The second-order valence-corrected chi connectivity index (χ2v) is 8.23. The maximum atomic E-state index is 12.7. The largest absolute Gasteiger partial charge is 0.415 e. The number of thiophene rings is 1. The van der Waals surface area contributed by atoms with E-state index in [0.717, 1.165) is 11.3 Å². The minimum Gasteiger partial charge on any atom is -0.382 e. The van der Waals surface area contributed by atoms with E-state index in [9.17, 15) is 26.7 Å². The summed E-state index contributed by atoms with van der Waals surface area (Å²) in [6.45, 7) is 3.04. The Kier molecular flexibility index (Phi) is 6.08. The van der Waals surface area contributed by atoms with E-state index in [0.29, 0.717) is 0 Å². The molecule has 3 atom stereocenters. The molecule has 0 bridgehead atoms. The van der Waals surface area contributed by atoms with Gasteiger partial charge in [-0.1, -0.05) is 31.9 Å². The molecule has 2 N–H and O–H groups in total. The highest BCUT2D eigenvalue weighted by Gasteiger charge is 2.46. The molecule has 1 aromatic rings. The number of sulfonamides is 1. The van der Waals surface area contributed by atoms with Crippen molar-refractivity contribution < 1.29 is 26.7 Å². The molecule has 0 spiro atoms. The number of rotatable bonds is 6. The molecule has 0 aromatic carbocycles. The van der Waals surface area contributed by atoms with Crippen LogP contribution >= 0.6 is 22.9 Å². The first-order valence-corrected chi connectivity index (χ1v) is 8.69. The van der Waals surface area contributed by atoms with E-state index < -0.39 is 34.3 Å². The van der Waals surface area contributed by atoms with Crippen LogP contribution in [0.25, 0.3) is 0 Å². The van der Waals surface area contributed by atoms with E-state index in [1.54, 1.807) is 6.92 Å². The molecule has 0 fully saturated rings. The number of halogens is 4. The summed E-state index contributed by atoms with van der Waals surface area (Å²) >= 11 is 6.35. The van der Waals surface area contributed by atoms with Gasteiger partial charge >= 0.3 is 6.18 Å². The highest BCUT2D eigenvalue weighted by molar-refractivity contribution is 7.91. The number of hydrogen-bond donors (Lipinski definition) is 2. The Balaban J connectivity index is 3.07. The minimum atomic E-state index is -4.91. The Morgan fingerprint density at radius 1 is 1.43 bits per heavy atom. The summed E-state index contributed by atoms with van der Waals surface area (Å²) in [5, 5.41) is 9.39. The molecule has 0 saturated carbocycles. The molecule has 0 amide bonds. The molecule has 10 heteroatoms. The van der Waals surface area contributed by atoms with Gasteiger partial charge in [-0.3, -0.25) is 0 Å². The summed E-state index contributed by atoms with van der Waals surface area (Å²) in [4.78, 5) is 0. The van der Waals surface area contributed by atoms with E-state index in [-0.39, 0.29) is 15.0 Å². The van der Waals surface area contributed by atoms with Crippen molar-refractivity contribution in [2.75, 3.05) is 0 Å². The average Bonchev–Trinajstić information content (AvgIpc) is 2.80. The van der Waals surface area contributed by atoms with Gasteiger partial charge in [0.15, 0.2) is 6.10 Å². The molecule has 0 aliphatic carbocycles. The second kappa shape index (κ2) is 6.82. The zero-order valence-corrected chi connectivity index (χ0v) is 13.6. The molecule has 0 saturated heterocycles. The highest BCUT2D eigenvalue weighted by Crippen LogP contribution is 2.30. The van der Waals surface area contributed by atoms with Crippen molar-refractivity contribution >= 4 is 33.0 Å². The lowest BCUT2D eigenvalue weighted by Crippen LogP contribution is -2.52. The van der Waals surface area contributed by atoms with Crippen molar-refractivity contribution in [3.8, 4) is 0 Å². The van der Waals surface area contributed by atoms with Crippen LogP contribution in [0, 0.1) is 5.92 Å². The molecule has 4 nitrogen and oxygen atoms in total. The first-order chi connectivity index (χ1) is 9.49. The molecule has 1 aromatic heterocycles. The summed E-state index contributed by atoms with van der Waals surface area (Å²) in [6.07, 6.45) is -7.42. The normalized spacial score (nSPS) is 17.5. The molecule has 1 heterocycles. The van der Waals surface area contributed by atoms with E-state index in [1.165, 1.54) is 19.1 Å². The van der Waals surface area contributed by atoms with Crippen molar-refractivity contribution in [1.82, 2.24) is 4.72 Å². The molecular weight excluding hydrogens is 351 g/mol. The standard InChI is InChI=1S/C11H15ClF3NO3S2/c1-3-6(2)9(10(17)11(13,14)15)16-21(18,19)8-5-4-7(12)20-8/h4-6,9-10,16-17H,3H2,1-2H3/t6-,9-,10?/m0/s1. The molecule has 21 heavy (non-hydrogen) atoms. The van der Waals surface area contributed by atoms with Crippen LogP contribution in [0.1, 0.15) is 20.3 Å².